The molecule has 1 fully saturated rings. The molecule has 1 aromatic carbocycles. The molecule has 1 atom stereocenters. The van der Waals surface area contributed by atoms with Gasteiger partial charge in [-0.15, -0.1) is 0 Å². The zero-order valence-electron chi connectivity index (χ0n) is 14.8. The van der Waals surface area contributed by atoms with E-state index in [1.165, 1.54) is 29.5 Å². The molecule has 1 N–H and O–H groups in total. The Bertz CT molecular complexity index is 904. The second-order valence-electron chi connectivity index (χ2n) is 6.79. The molecule has 27 heavy (non-hydrogen) atoms. The van der Waals surface area contributed by atoms with Crippen LogP contribution in [0.1, 0.15) is 47.6 Å². The van der Waals surface area contributed by atoms with Gasteiger partial charge < -0.3 is 5.32 Å². The van der Waals surface area contributed by atoms with E-state index in [4.69, 9.17) is 0 Å². The third kappa shape index (κ3) is 3.86. The molecule has 0 aliphatic heterocycles. The lowest BCUT2D eigenvalue weighted by Crippen LogP contribution is -2.32. The summed E-state index contributed by atoms with van der Waals surface area (Å²) in [7, 11) is 0. The van der Waals surface area contributed by atoms with Crippen LogP contribution >= 0.6 is 0 Å². The molecule has 1 aliphatic rings. The molecule has 0 radical (unpaired) electrons. The molecule has 0 spiro atoms. The van der Waals surface area contributed by atoms with Gasteiger partial charge in [-0.2, -0.15) is 5.10 Å². The maximum Gasteiger partial charge on any atom is 0.251 e. The Morgan fingerprint density at radius 2 is 1.96 bits per heavy atom. The molecule has 138 valence electrons. The van der Waals surface area contributed by atoms with E-state index < -0.39 is 0 Å². The van der Waals surface area contributed by atoms with E-state index in [0.29, 0.717) is 17.3 Å². The second kappa shape index (κ2) is 7.65. The van der Waals surface area contributed by atoms with Crippen LogP contribution in [0.2, 0.25) is 0 Å². The van der Waals surface area contributed by atoms with Crippen molar-refractivity contribution in [1.82, 2.24) is 25.1 Å². The monoisotopic (exact) mass is 365 g/mol. The molecule has 3 aromatic rings. The van der Waals surface area contributed by atoms with Crippen molar-refractivity contribution in [2.75, 3.05) is 0 Å². The number of carbonyl (C=O) groups is 1. The molecule has 6 nitrogen and oxygen atoms in total. The third-order valence-corrected chi connectivity index (χ3v) is 5.05. The SMILES string of the molecule is O=C(NC(c1ccc(F)cc1)C1CCCC1)c1ccnc(-n2cncn2)c1. The lowest BCUT2D eigenvalue weighted by Gasteiger charge is -2.25. The summed E-state index contributed by atoms with van der Waals surface area (Å²) in [6.45, 7) is 0. The molecule has 4 rings (SSSR count). The standard InChI is InChI=1S/C20H20FN5O/c21-17-7-5-15(6-8-17)19(14-3-1-2-4-14)25-20(27)16-9-10-23-18(11-16)26-13-22-12-24-26/h5-14,19H,1-4H2,(H,25,27). The van der Waals surface area contributed by atoms with Crippen molar-refractivity contribution in [3.05, 3.63) is 72.2 Å². The molecule has 0 saturated heterocycles. The van der Waals surface area contributed by atoms with E-state index in [1.54, 1.807) is 30.5 Å². The Morgan fingerprint density at radius 1 is 1.19 bits per heavy atom. The summed E-state index contributed by atoms with van der Waals surface area (Å²) in [4.78, 5) is 21.0. The Labute approximate surface area is 156 Å². The van der Waals surface area contributed by atoms with E-state index in [-0.39, 0.29) is 17.8 Å². The molecule has 2 heterocycles. The summed E-state index contributed by atoms with van der Waals surface area (Å²) < 4.78 is 14.8. The van der Waals surface area contributed by atoms with Crippen molar-refractivity contribution in [2.45, 2.75) is 31.7 Å². The fourth-order valence-electron chi connectivity index (χ4n) is 3.67. The smallest absolute Gasteiger partial charge is 0.251 e. The molecule has 1 amide bonds. The van der Waals surface area contributed by atoms with E-state index in [9.17, 15) is 9.18 Å². The Balaban J connectivity index is 1.58. The maximum absolute atomic E-state index is 13.3. The summed E-state index contributed by atoms with van der Waals surface area (Å²) in [5.41, 5.74) is 1.43. The minimum Gasteiger partial charge on any atom is -0.345 e. The predicted octanol–water partition coefficient (Wildman–Crippen LogP) is 3.46. The number of halogens is 1. The van der Waals surface area contributed by atoms with Crippen LogP contribution in [0.3, 0.4) is 0 Å². The maximum atomic E-state index is 13.3. The van der Waals surface area contributed by atoms with E-state index in [2.05, 4.69) is 20.4 Å². The number of nitrogens with one attached hydrogen (secondary N) is 1. The first-order chi connectivity index (χ1) is 13.2. The van der Waals surface area contributed by atoms with Crippen molar-refractivity contribution in [3.8, 4) is 5.82 Å². The summed E-state index contributed by atoms with van der Waals surface area (Å²) in [6.07, 6.45) is 8.96. The van der Waals surface area contributed by atoms with Crippen LogP contribution in [0.4, 0.5) is 4.39 Å². The van der Waals surface area contributed by atoms with Gasteiger partial charge in [0.05, 0.1) is 6.04 Å². The van der Waals surface area contributed by atoms with Gasteiger partial charge in [-0.05, 0) is 48.6 Å². The molecule has 1 unspecified atom stereocenters. The molecular weight excluding hydrogens is 345 g/mol. The van der Waals surface area contributed by atoms with Crippen molar-refractivity contribution in [3.63, 3.8) is 0 Å². The molecule has 1 saturated carbocycles. The van der Waals surface area contributed by atoms with E-state index in [1.807, 2.05) is 0 Å². The normalized spacial score (nSPS) is 15.6. The molecule has 2 aromatic heterocycles. The van der Waals surface area contributed by atoms with Crippen LogP contribution in [0.5, 0.6) is 0 Å². The van der Waals surface area contributed by atoms with Crippen molar-refractivity contribution < 1.29 is 9.18 Å². The number of benzene rings is 1. The van der Waals surface area contributed by atoms with E-state index >= 15 is 0 Å². The fourth-order valence-corrected chi connectivity index (χ4v) is 3.67. The lowest BCUT2D eigenvalue weighted by molar-refractivity contribution is 0.0921. The highest BCUT2D eigenvalue weighted by Gasteiger charge is 2.28. The first-order valence-corrected chi connectivity index (χ1v) is 9.08. The second-order valence-corrected chi connectivity index (χ2v) is 6.79. The van der Waals surface area contributed by atoms with Crippen LogP contribution in [0.25, 0.3) is 5.82 Å². The Hall–Kier alpha value is -3.09. The first-order valence-electron chi connectivity index (χ1n) is 9.08. The van der Waals surface area contributed by atoms with Gasteiger partial charge in [-0.1, -0.05) is 25.0 Å². The highest BCUT2D eigenvalue weighted by Crippen LogP contribution is 2.36. The van der Waals surface area contributed by atoms with E-state index in [0.717, 1.165) is 31.2 Å². The Kier molecular flexibility index (Phi) is 4.91. The summed E-state index contributed by atoms with van der Waals surface area (Å²) >= 11 is 0. The zero-order chi connectivity index (χ0) is 18.6. The molecule has 1 aliphatic carbocycles. The van der Waals surface area contributed by atoms with Crippen LogP contribution in [-0.4, -0.2) is 25.7 Å². The summed E-state index contributed by atoms with van der Waals surface area (Å²) in [5.74, 6) is 0.428. The predicted molar refractivity (Wildman–Crippen MR) is 97.7 cm³/mol. The molecular formula is C20H20FN5O. The van der Waals surface area contributed by atoms with Crippen LogP contribution < -0.4 is 5.32 Å². The van der Waals surface area contributed by atoms with Crippen LogP contribution in [0.15, 0.2) is 55.2 Å². The minimum absolute atomic E-state index is 0.136. The highest BCUT2D eigenvalue weighted by atomic mass is 19.1. The zero-order valence-corrected chi connectivity index (χ0v) is 14.8. The highest BCUT2D eigenvalue weighted by molar-refractivity contribution is 5.94. The average Bonchev–Trinajstić information content (AvgIpc) is 3.41. The topological polar surface area (TPSA) is 72.7 Å². The largest absolute Gasteiger partial charge is 0.345 e. The van der Waals surface area contributed by atoms with Gasteiger partial charge in [0.1, 0.15) is 18.5 Å². The lowest BCUT2D eigenvalue weighted by atomic mass is 9.91. The van der Waals surface area contributed by atoms with Gasteiger partial charge in [-0.3, -0.25) is 4.79 Å². The van der Waals surface area contributed by atoms with Crippen molar-refractivity contribution in [1.29, 1.82) is 0 Å². The van der Waals surface area contributed by atoms with Crippen molar-refractivity contribution in [2.24, 2.45) is 5.92 Å². The van der Waals surface area contributed by atoms with Crippen LogP contribution in [-0.2, 0) is 0 Å². The number of pyridine rings is 1. The number of hydrogen-bond acceptors (Lipinski definition) is 4. The van der Waals surface area contributed by atoms with Crippen LogP contribution in [0, 0.1) is 11.7 Å². The number of aromatic nitrogens is 4. The van der Waals surface area contributed by atoms with Gasteiger partial charge in [0.15, 0.2) is 5.82 Å². The summed E-state index contributed by atoms with van der Waals surface area (Å²) in [6, 6.07) is 9.62. The van der Waals surface area contributed by atoms with Crippen molar-refractivity contribution >= 4 is 5.91 Å². The quantitative estimate of drug-likeness (QED) is 0.751. The van der Waals surface area contributed by atoms with Gasteiger partial charge >= 0.3 is 0 Å². The molecule has 0 bridgehead atoms. The number of carbonyl (C=O) groups excluding carboxylic acids is 1. The average molecular weight is 365 g/mol. The van der Waals surface area contributed by atoms with Gasteiger partial charge in [0.2, 0.25) is 0 Å². The van der Waals surface area contributed by atoms with Gasteiger partial charge in [0, 0.05) is 11.8 Å². The number of rotatable bonds is 5. The van der Waals surface area contributed by atoms with Gasteiger partial charge in [-0.25, -0.2) is 19.0 Å². The summed E-state index contributed by atoms with van der Waals surface area (Å²) in [5, 5.41) is 7.19. The first kappa shape index (κ1) is 17.3. The number of amides is 1. The fraction of sp³-hybridized carbons (Fsp3) is 0.300. The van der Waals surface area contributed by atoms with Gasteiger partial charge in [0.25, 0.3) is 5.91 Å². The number of nitrogens with zero attached hydrogens (tertiary/aromatic N) is 4. The number of hydrogen-bond donors (Lipinski definition) is 1. The molecule has 7 heteroatoms. The third-order valence-electron chi connectivity index (χ3n) is 5.05. The minimum atomic E-state index is -0.276. The Morgan fingerprint density at radius 3 is 2.67 bits per heavy atom.